The van der Waals surface area contributed by atoms with Gasteiger partial charge in [-0.15, -0.1) is 0 Å². The summed E-state index contributed by atoms with van der Waals surface area (Å²) >= 11 is 0. The molecule has 0 saturated carbocycles. The molecule has 0 radical (unpaired) electrons. The molecule has 2 rings (SSSR count). The lowest BCUT2D eigenvalue weighted by atomic mass is 9.88. The van der Waals surface area contributed by atoms with Gasteiger partial charge in [-0.3, -0.25) is 9.59 Å². The van der Waals surface area contributed by atoms with Crippen molar-refractivity contribution >= 4 is 22.6 Å². The predicted molar refractivity (Wildman–Crippen MR) is 80.3 cm³/mol. The zero-order valence-electron chi connectivity index (χ0n) is 12.0. The first-order valence-corrected chi connectivity index (χ1v) is 6.61. The van der Waals surface area contributed by atoms with Crippen LogP contribution in [0.3, 0.4) is 0 Å². The number of benzene rings is 2. The van der Waals surface area contributed by atoms with Crippen molar-refractivity contribution in [2.75, 3.05) is 0 Å². The highest BCUT2D eigenvalue weighted by atomic mass is 16.3. The summed E-state index contributed by atoms with van der Waals surface area (Å²) in [4.78, 5) is 22.6. The number of rotatable bonds is 3. The molecule has 1 atom stereocenters. The van der Waals surface area contributed by atoms with Crippen LogP contribution in [0.2, 0.25) is 0 Å². The molecule has 0 aliphatic carbocycles. The minimum absolute atomic E-state index is 0.732. The summed E-state index contributed by atoms with van der Waals surface area (Å²) in [5.74, 6) is -2.00. The minimum atomic E-state index is -1.25. The third-order valence-electron chi connectivity index (χ3n) is 3.34. The van der Waals surface area contributed by atoms with E-state index in [2.05, 4.69) is 5.32 Å². The minimum Gasteiger partial charge on any atom is -0.388 e. The maximum atomic E-state index is 11.6. The molecule has 2 aromatic carbocycles. The molecule has 0 aliphatic heterocycles. The van der Waals surface area contributed by atoms with Gasteiger partial charge in [0.05, 0.1) is 11.6 Å². The normalized spacial score (nSPS) is 12.9. The van der Waals surface area contributed by atoms with E-state index in [-0.39, 0.29) is 0 Å². The Kier molecular flexibility index (Phi) is 3.95. The Morgan fingerprint density at radius 1 is 1.14 bits per heavy atom. The van der Waals surface area contributed by atoms with E-state index < -0.39 is 23.5 Å². The van der Waals surface area contributed by atoms with Crippen LogP contribution < -0.4 is 11.1 Å². The summed E-state index contributed by atoms with van der Waals surface area (Å²) < 4.78 is 0. The number of carbonyl (C=O) groups is 2. The van der Waals surface area contributed by atoms with Gasteiger partial charge < -0.3 is 16.2 Å². The van der Waals surface area contributed by atoms with E-state index >= 15 is 0 Å². The summed E-state index contributed by atoms with van der Waals surface area (Å²) in [6, 6.07) is 12.5. The van der Waals surface area contributed by atoms with Gasteiger partial charge in [-0.25, -0.2) is 0 Å². The molecule has 2 amide bonds. The third kappa shape index (κ3) is 3.20. The van der Waals surface area contributed by atoms with Crippen LogP contribution in [-0.4, -0.2) is 22.5 Å². The molecule has 5 heteroatoms. The molecule has 0 heterocycles. The number of nitrogens with two attached hydrogens (primary N) is 1. The summed E-state index contributed by atoms with van der Waals surface area (Å²) in [5.41, 5.74) is 4.46. The van der Waals surface area contributed by atoms with Crippen LogP contribution in [0.25, 0.3) is 10.8 Å². The lowest BCUT2D eigenvalue weighted by Gasteiger charge is -2.31. The zero-order valence-corrected chi connectivity index (χ0v) is 12.0. The average molecular weight is 286 g/mol. The average Bonchev–Trinajstić information content (AvgIpc) is 2.42. The number of carbonyl (C=O) groups excluding carboxylic acids is 2. The maximum Gasteiger partial charge on any atom is 0.309 e. The highest BCUT2D eigenvalue weighted by molar-refractivity contribution is 6.34. The van der Waals surface area contributed by atoms with Gasteiger partial charge in [-0.2, -0.15) is 0 Å². The van der Waals surface area contributed by atoms with Crippen LogP contribution >= 0.6 is 0 Å². The van der Waals surface area contributed by atoms with Gasteiger partial charge in [-0.1, -0.05) is 42.5 Å². The Hall–Kier alpha value is -2.40. The van der Waals surface area contributed by atoms with E-state index in [9.17, 15) is 14.7 Å². The molecule has 4 N–H and O–H groups in total. The first-order valence-electron chi connectivity index (χ1n) is 6.61. The number of hydrogen-bond donors (Lipinski definition) is 3. The van der Waals surface area contributed by atoms with Crippen LogP contribution in [0, 0.1) is 0 Å². The summed E-state index contributed by atoms with van der Waals surface area (Å²) in [7, 11) is 0. The van der Waals surface area contributed by atoms with Crippen molar-refractivity contribution in [3.05, 3.63) is 48.0 Å². The van der Waals surface area contributed by atoms with Gasteiger partial charge in [-0.05, 0) is 30.2 Å². The summed E-state index contributed by atoms with van der Waals surface area (Å²) in [5, 5.41) is 14.7. The SMILES string of the molecule is CC(C)(O)[C@H](NC(=O)C(N)=O)c1cccc2ccccc12. The number of primary amides is 1. The Balaban J connectivity index is 2.54. The molecule has 0 aromatic heterocycles. The van der Waals surface area contributed by atoms with Crippen molar-refractivity contribution < 1.29 is 14.7 Å². The Morgan fingerprint density at radius 3 is 2.38 bits per heavy atom. The van der Waals surface area contributed by atoms with Crippen molar-refractivity contribution in [3.63, 3.8) is 0 Å². The van der Waals surface area contributed by atoms with Crippen LogP contribution in [0.1, 0.15) is 25.5 Å². The van der Waals surface area contributed by atoms with Gasteiger partial charge in [0, 0.05) is 0 Å². The third-order valence-corrected chi connectivity index (χ3v) is 3.34. The second-order valence-corrected chi connectivity index (χ2v) is 5.49. The van der Waals surface area contributed by atoms with Gasteiger partial charge in [0.1, 0.15) is 0 Å². The molecule has 0 saturated heterocycles. The van der Waals surface area contributed by atoms with E-state index in [1.807, 2.05) is 42.5 Å². The van der Waals surface area contributed by atoms with Crippen molar-refractivity contribution in [1.82, 2.24) is 5.32 Å². The first kappa shape index (κ1) is 15.0. The Labute approximate surface area is 122 Å². The molecular formula is C16H18N2O3. The second-order valence-electron chi connectivity index (χ2n) is 5.49. The molecule has 0 unspecified atom stereocenters. The highest BCUT2D eigenvalue weighted by Crippen LogP contribution is 2.31. The van der Waals surface area contributed by atoms with Crippen LogP contribution in [0.5, 0.6) is 0 Å². The molecule has 0 bridgehead atoms. The first-order chi connectivity index (χ1) is 9.80. The molecule has 110 valence electrons. The van der Waals surface area contributed by atoms with Crippen molar-refractivity contribution in [2.24, 2.45) is 5.73 Å². The fraction of sp³-hybridized carbons (Fsp3) is 0.250. The largest absolute Gasteiger partial charge is 0.388 e. The van der Waals surface area contributed by atoms with Crippen LogP contribution in [-0.2, 0) is 9.59 Å². The molecule has 5 nitrogen and oxygen atoms in total. The molecule has 0 spiro atoms. The number of aliphatic hydroxyl groups is 1. The molecule has 0 aliphatic rings. The summed E-state index contributed by atoms with van der Waals surface area (Å²) in [6.45, 7) is 3.14. The Morgan fingerprint density at radius 2 is 1.76 bits per heavy atom. The maximum absolute atomic E-state index is 11.6. The zero-order chi connectivity index (χ0) is 15.6. The van der Waals surface area contributed by atoms with Crippen molar-refractivity contribution in [1.29, 1.82) is 0 Å². The van der Waals surface area contributed by atoms with Crippen molar-refractivity contribution in [3.8, 4) is 0 Å². The monoisotopic (exact) mass is 286 g/mol. The smallest absolute Gasteiger partial charge is 0.309 e. The number of amides is 2. The number of hydrogen-bond acceptors (Lipinski definition) is 3. The fourth-order valence-electron chi connectivity index (χ4n) is 2.34. The van der Waals surface area contributed by atoms with Crippen molar-refractivity contribution in [2.45, 2.75) is 25.5 Å². The lowest BCUT2D eigenvalue weighted by molar-refractivity contribution is -0.138. The lowest BCUT2D eigenvalue weighted by Crippen LogP contribution is -2.46. The topological polar surface area (TPSA) is 92.4 Å². The molecule has 21 heavy (non-hydrogen) atoms. The van der Waals surface area contributed by atoms with E-state index in [4.69, 9.17) is 5.73 Å². The molecule has 0 fully saturated rings. The number of fused-ring (bicyclic) bond motifs is 1. The predicted octanol–water partition coefficient (Wildman–Crippen LogP) is 1.25. The van der Waals surface area contributed by atoms with Gasteiger partial charge in [0.2, 0.25) is 0 Å². The number of nitrogens with one attached hydrogen (secondary N) is 1. The quantitative estimate of drug-likeness (QED) is 0.741. The molecule has 2 aromatic rings. The van der Waals surface area contributed by atoms with E-state index in [0.29, 0.717) is 0 Å². The standard InChI is InChI=1S/C16H18N2O3/c1-16(2,21)13(18-15(20)14(17)19)12-9-5-7-10-6-3-4-8-11(10)12/h3-9,13,21H,1-2H3,(H2,17,19)(H,18,20)/t13-/m1/s1. The van der Waals surface area contributed by atoms with E-state index in [1.165, 1.54) is 0 Å². The van der Waals surface area contributed by atoms with E-state index in [1.54, 1.807) is 13.8 Å². The second kappa shape index (κ2) is 5.54. The van der Waals surface area contributed by atoms with Gasteiger partial charge in [0.25, 0.3) is 0 Å². The van der Waals surface area contributed by atoms with E-state index in [0.717, 1.165) is 16.3 Å². The van der Waals surface area contributed by atoms with Crippen LogP contribution in [0.15, 0.2) is 42.5 Å². The molecular weight excluding hydrogens is 268 g/mol. The highest BCUT2D eigenvalue weighted by Gasteiger charge is 2.32. The fourth-order valence-corrected chi connectivity index (χ4v) is 2.34. The summed E-state index contributed by atoms with van der Waals surface area (Å²) in [6.07, 6.45) is 0. The van der Waals surface area contributed by atoms with Crippen LogP contribution in [0.4, 0.5) is 0 Å². The van der Waals surface area contributed by atoms with Gasteiger partial charge in [0.15, 0.2) is 0 Å². The Bertz CT molecular complexity index is 684. The van der Waals surface area contributed by atoms with Gasteiger partial charge >= 0.3 is 11.8 Å².